The third kappa shape index (κ3) is 3.20. The second kappa shape index (κ2) is 4.20. The number of sulfonamides is 1. The van der Waals surface area contributed by atoms with Crippen LogP contribution in [-0.2, 0) is 15.4 Å². The second-order valence-electron chi connectivity index (χ2n) is 5.64. The quantitative estimate of drug-likeness (QED) is 0.903. The first-order chi connectivity index (χ1) is 8.16. The lowest BCUT2D eigenvalue weighted by Crippen LogP contribution is -2.19. The van der Waals surface area contributed by atoms with Gasteiger partial charge in [-0.3, -0.25) is 0 Å². The first-order valence-electron chi connectivity index (χ1n) is 5.88. The molecule has 18 heavy (non-hydrogen) atoms. The Bertz CT molecular complexity index is 557. The van der Waals surface area contributed by atoms with E-state index in [-0.39, 0.29) is 16.5 Å². The molecule has 100 valence electrons. The van der Waals surface area contributed by atoms with E-state index in [0.29, 0.717) is 11.4 Å². The van der Waals surface area contributed by atoms with Crippen LogP contribution >= 0.6 is 0 Å². The molecule has 0 aliphatic heterocycles. The topological polar surface area (TPSA) is 82.3 Å². The Kier molecular flexibility index (Phi) is 3.11. The zero-order valence-corrected chi connectivity index (χ0v) is 11.6. The van der Waals surface area contributed by atoms with Crippen molar-refractivity contribution >= 4 is 10.0 Å². The van der Waals surface area contributed by atoms with E-state index in [9.17, 15) is 8.42 Å². The molecule has 0 bridgehead atoms. The highest BCUT2D eigenvalue weighted by Gasteiger charge is 2.26. The van der Waals surface area contributed by atoms with Crippen LogP contribution in [0.4, 0.5) is 0 Å². The van der Waals surface area contributed by atoms with Crippen LogP contribution in [0.1, 0.15) is 39.3 Å². The van der Waals surface area contributed by atoms with Crippen LogP contribution in [-0.4, -0.2) is 19.5 Å². The van der Waals surface area contributed by atoms with E-state index in [1.54, 1.807) is 6.07 Å². The third-order valence-corrected chi connectivity index (χ3v) is 3.45. The molecule has 1 saturated carbocycles. The normalized spacial score (nSPS) is 16.7. The number of ether oxygens (including phenoxy) is 1. The van der Waals surface area contributed by atoms with Gasteiger partial charge in [-0.2, -0.15) is 0 Å². The molecule has 0 atom stereocenters. The van der Waals surface area contributed by atoms with Crippen LogP contribution in [0.2, 0.25) is 0 Å². The number of hydrogen-bond donors (Lipinski definition) is 1. The van der Waals surface area contributed by atoms with Crippen molar-refractivity contribution < 1.29 is 13.2 Å². The van der Waals surface area contributed by atoms with Crippen molar-refractivity contribution in [3.8, 4) is 5.75 Å². The fraction of sp³-hybridized carbons (Fsp3) is 0.583. The minimum absolute atomic E-state index is 0.134. The van der Waals surface area contributed by atoms with E-state index in [4.69, 9.17) is 9.88 Å². The van der Waals surface area contributed by atoms with Crippen molar-refractivity contribution in [2.75, 3.05) is 0 Å². The van der Waals surface area contributed by atoms with Crippen molar-refractivity contribution in [2.24, 2.45) is 5.14 Å². The summed E-state index contributed by atoms with van der Waals surface area (Å²) in [5.74, 6) is 0.529. The molecule has 0 amide bonds. The summed E-state index contributed by atoms with van der Waals surface area (Å²) in [6, 6.07) is 3.18. The zero-order valence-electron chi connectivity index (χ0n) is 10.8. The van der Waals surface area contributed by atoms with Crippen molar-refractivity contribution in [2.45, 2.75) is 50.2 Å². The highest BCUT2D eigenvalue weighted by molar-refractivity contribution is 7.89. The van der Waals surface area contributed by atoms with E-state index < -0.39 is 10.0 Å². The van der Waals surface area contributed by atoms with Gasteiger partial charge in [0, 0.05) is 17.5 Å². The Labute approximate surface area is 107 Å². The summed E-state index contributed by atoms with van der Waals surface area (Å²) in [7, 11) is -3.81. The monoisotopic (exact) mass is 270 g/mol. The number of nitrogens with zero attached hydrogens (tertiary/aromatic N) is 1. The van der Waals surface area contributed by atoms with E-state index in [2.05, 4.69) is 4.98 Å². The average molecular weight is 270 g/mol. The highest BCUT2D eigenvalue weighted by atomic mass is 32.2. The van der Waals surface area contributed by atoms with Crippen LogP contribution < -0.4 is 9.88 Å². The van der Waals surface area contributed by atoms with Gasteiger partial charge in [0.15, 0.2) is 5.03 Å². The maximum absolute atomic E-state index is 11.4. The van der Waals surface area contributed by atoms with Gasteiger partial charge in [0.1, 0.15) is 5.75 Å². The van der Waals surface area contributed by atoms with E-state index in [0.717, 1.165) is 12.8 Å². The minimum atomic E-state index is -3.81. The number of hydrogen-bond acceptors (Lipinski definition) is 4. The lowest BCUT2D eigenvalue weighted by Gasteiger charge is -2.19. The van der Waals surface area contributed by atoms with Gasteiger partial charge in [0.25, 0.3) is 10.0 Å². The number of rotatable bonds is 3. The first-order valence-corrected chi connectivity index (χ1v) is 7.43. The number of nitrogens with two attached hydrogens (primary N) is 1. The van der Waals surface area contributed by atoms with Crippen LogP contribution in [0.3, 0.4) is 0 Å². The second-order valence-corrected chi connectivity index (χ2v) is 7.15. The van der Waals surface area contributed by atoms with Gasteiger partial charge in [-0.05, 0) is 12.8 Å². The molecule has 1 heterocycles. The molecule has 6 heteroatoms. The molecule has 1 aromatic heterocycles. The van der Waals surface area contributed by atoms with Gasteiger partial charge in [0.2, 0.25) is 0 Å². The number of aromatic nitrogens is 1. The number of pyridine rings is 1. The predicted octanol–water partition coefficient (Wildman–Crippen LogP) is 1.57. The molecule has 5 nitrogen and oxygen atoms in total. The molecule has 0 aromatic carbocycles. The van der Waals surface area contributed by atoms with Crippen molar-refractivity contribution in [1.82, 2.24) is 4.98 Å². The summed E-state index contributed by atoms with van der Waals surface area (Å²) in [5.41, 5.74) is 0.396. The third-order valence-electron chi connectivity index (χ3n) is 2.66. The van der Waals surface area contributed by atoms with E-state index >= 15 is 0 Å². The molecule has 0 radical (unpaired) electrons. The Morgan fingerprint density at radius 3 is 2.39 bits per heavy atom. The summed E-state index contributed by atoms with van der Waals surface area (Å²) in [6.07, 6.45) is 2.23. The lowest BCUT2D eigenvalue weighted by atomic mass is 9.91. The highest BCUT2D eigenvalue weighted by Crippen LogP contribution is 2.31. The van der Waals surface area contributed by atoms with E-state index in [1.807, 2.05) is 20.8 Å². The summed E-state index contributed by atoms with van der Waals surface area (Å²) >= 11 is 0. The smallest absolute Gasteiger partial charge is 0.255 e. The molecule has 1 aliphatic rings. The molecule has 0 saturated heterocycles. The Balaban J connectivity index is 2.47. The van der Waals surface area contributed by atoms with Crippen molar-refractivity contribution in [3.05, 3.63) is 17.8 Å². The zero-order chi connectivity index (χ0) is 13.6. The largest absolute Gasteiger partial charge is 0.490 e. The summed E-state index contributed by atoms with van der Waals surface area (Å²) in [4.78, 5) is 4.11. The van der Waals surface area contributed by atoms with Gasteiger partial charge in [-0.25, -0.2) is 18.5 Å². The predicted molar refractivity (Wildman–Crippen MR) is 68.0 cm³/mol. The molecular formula is C12H18N2O3S. The average Bonchev–Trinajstić information content (AvgIpc) is 2.98. The summed E-state index contributed by atoms with van der Waals surface area (Å²) in [5, 5.41) is 5.00. The molecule has 0 unspecified atom stereocenters. The van der Waals surface area contributed by atoms with Gasteiger partial charge in [0.05, 0.1) is 11.8 Å². The molecule has 1 fully saturated rings. The molecule has 2 rings (SSSR count). The number of primary sulfonamides is 1. The van der Waals surface area contributed by atoms with Crippen LogP contribution in [0, 0.1) is 0 Å². The SMILES string of the molecule is CC(C)(C)c1cc(OC2CC2)cc(S(N)(=O)=O)n1. The molecule has 2 N–H and O–H groups in total. The summed E-state index contributed by atoms with van der Waals surface area (Å²) < 4.78 is 28.5. The Morgan fingerprint density at radius 2 is 1.94 bits per heavy atom. The van der Waals surface area contributed by atoms with Gasteiger partial charge in [-0.1, -0.05) is 20.8 Å². The first kappa shape index (κ1) is 13.3. The molecule has 0 spiro atoms. The fourth-order valence-corrected chi connectivity index (χ4v) is 1.96. The lowest BCUT2D eigenvalue weighted by molar-refractivity contribution is 0.300. The Morgan fingerprint density at radius 1 is 1.33 bits per heavy atom. The fourth-order valence-electron chi connectivity index (χ4n) is 1.46. The minimum Gasteiger partial charge on any atom is -0.490 e. The van der Waals surface area contributed by atoms with Gasteiger partial charge < -0.3 is 4.74 Å². The standard InChI is InChI=1S/C12H18N2O3S/c1-12(2,3)10-6-9(17-8-4-5-8)7-11(14-10)18(13,15)16/h6-8H,4-5H2,1-3H3,(H2,13,15,16). The molecular weight excluding hydrogens is 252 g/mol. The van der Waals surface area contributed by atoms with Crippen LogP contribution in [0.25, 0.3) is 0 Å². The molecule has 1 aliphatic carbocycles. The van der Waals surface area contributed by atoms with Crippen LogP contribution in [0.15, 0.2) is 17.2 Å². The van der Waals surface area contributed by atoms with E-state index in [1.165, 1.54) is 6.07 Å². The van der Waals surface area contributed by atoms with Crippen molar-refractivity contribution in [3.63, 3.8) is 0 Å². The molecule has 1 aromatic rings. The Hall–Kier alpha value is -1.14. The van der Waals surface area contributed by atoms with Gasteiger partial charge in [-0.15, -0.1) is 0 Å². The van der Waals surface area contributed by atoms with Crippen LogP contribution in [0.5, 0.6) is 5.75 Å². The maximum Gasteiger partial charge on any atom is 0.255 e. The summed E-state index contributed by atoms with van der Waals surface area (Å²) in [6.45, 7) is 5.88. The van der Waals surface area contributed by atoms with Gasteiger partial charge >= 0.3 is 0 Å². The van der Waals surface area contributed by atoms with Crippen molar-refractivity contribution in [1.29, 1.82) is 0 Å². The maximum atomic E-state index is 11.4.